The molecule has 9 heteroatoms. The smallest absolute Gasteiger partial charge is 0.191 e. The number of likely N-dealkylation sites (tertiary alicyclic amines) is 1. The molecule has 1 aromatic carbocycles. The van der Waals surface area contributed by atoms with Gasteiger partial charge in [0.2, 0.25) is 0 Å². The summed E-state index contributed by atoms with van der Waals surface area (Å²) in [4.78, 5) is 11.4. The summed E-state index contributed by atoms with van der Waals surface area (Å²) in [6.07, 6.45) is 3.76. The molecule has 1 fully saturated rings. The monoisotopic (exact) mass is 527 g/mol. The Balaban J connectivity index is 0.00000320. The van der Waals surface area contributed by atoms with Gasteiger partial charge in [-0.3, -0.25) is 10.1 Å². The molecule has 2 aromatic rings. The number of ether oxygens (including phenoxy) is 1. The van der Waals surface area contributed by atoms with E-state index in [1.54, 1.807) is 14.2 Å². The van der Waals surface area contributed by atoms with Crippen molar-refractivity contribution in [3.8, 4) is 17.1 Å². The van der Waals surface area contributed by atoms with E-state index in [-0.39, 0.29) is 24.0 Å². The molecule has 166 valence electrons. The second-order valence-corrected chi connectivity index (χ2v) is 7.56. The molecule has 3 N–H and O–H groups in total. The minimum absolute atomic E-state index is 0. The summed E-state index contributed by atoms with van der Waals surface area (Å²) < 4.78 is 5.18. The van der Waals surface area contributed by atoms with Gasteiger partial charge in [0.15, 0.2) is 11.8 Å². The Hall–Kier alpha value is -1.88. The fraction of sp³-hybridized carbons (Fsp3) is 0.571. The molecule has 0 aliphatic carbocycles. The van der Waals surface area contributed by atoms with E-state index in [2.05, 4.69) is 42.6 Å². The third-order valence-corrected chi connectivity index (χ3v) is 5.35. The van der Waals surface area contributed by atoms with Crippen LogP contribution in [0.3, 0.4) is 0 Å². The molecule has 1 saturated heterocycles. The molecule has 1 aromatic heterocycles. The molecule has 3 rings (SSSR count). The molecule has 0 amide bonds. The van der Waals surface area contributed by atoms with Crippen LogP contribution in [0.15, 0.2) is 29.3 Å². The van der Waals surface area contributed by atoms with Crippen LogP contribution < -0.4 is 15.4 Å². The minimum atomic E-state index is 0. The van der Waals surface area contributed by atoms with Crippen LogP contribution in [0.5, 0.6) is 5.75 Å². The Labute approximate surface area is 196 Å². The lowest BCUT2D eigenvalue weighted by Gasteiger charge is -2.30. The number of benzene rings is 1. The van der Waals surface area contributed by atoms with Gasteiger partial charge in [-0.2, -0.15) is 5.10 Å². The maximum atomic E-state index is 5.18. The van der Waals surface area contributed by atoms with Gasteiger partial charge in [-0.05, 0) is 69.1 Å². The van der Waals surface area contributed by atoms with Crippen LogP contribution in [0.1, 0.15) is 32.0 Å². The van der Waals surface area contributed by atoms with E-state index in [4.69, 9.17) is 4.74 Å². The molecule has 0 radical (unpaired) electrons. The number of aliphatic imine (C=N–C) groups is 1. The number of aromatic amines is 1. The fourth-order valence-electron chi connectivity index (χ4n) is 3.43. The molecule has 30 heavy (non-hydrogen) atoms. The Morgan fingerprint density at radius 3 is 2.63 bits per heavy atom. The van der Waals surface area contributed by atoms with E-state index in [9.17, 15) is 0 Å². The van der Waals surface area contributed by atoms with Gasteiger partial charge < -0.3 is 20.3 Å². The standard InChI is InChI=1S/C21H33N7O.HI/c1-16-9-13-28(14-10-16)12-4-11-23-21(22-2)24-15-19-25-20(27-26-19)17-5-7-18(29-3)8-6-17;/h5-8,16H,4,9-15H2,1-3H3,(H2,22,23,24)(H,25,26,27);1H. The summed E-state index contributed by atoms with van der Waals surface area (Å²) in [6, 6.07) is 7.70. The topological polar surface area (TPSA) is 90.5 Å². The highest BCUT2D eigenvalue weighted by Gasteiger charge is 2.14. The van der Waals surface area contributed by atoms with Crippen molar-refractivity contribution in [2.75, 3.05) is 40.3 Å². The van der Waals surface area contributed by atoms with Crippen molar-refractivity contribution in [1.29, 1.82) is 0 Å². The number of H-pyrrole nitrogens is 1. The summed E-state index contributed by atoms with van der Waals surface area (Å²) >= 11 is 0. The lowest BCUT2D eigenvalue weighted by molar-refractivity contribution is 0.191. The molecule has 0 unspecified atom stereocenters. The van der Waals surface area contributed by atoms with Crippen LogP contribution in [0.25, 0.3) is 11.4 Å². The highest BCUT2D eigenvalue weighted by atomic mass is 127. The summed E-state index contributed by atoms with van der Waals surface area (Å²) in [6.45, 7) is 7.39. The molecule has 2 heterocycles. The maximum absolute atomic E-state index is 5.18. The molecule has 0 atom stereocenters. The van der Waals surface area contributed by atoms with Crippen molar-refractivity contribution in [3.05, 3.63) is 30.1 Å². The van der Waals surface area contributed by atoms with E-state index in [1.807, 2.05) is 24.3 Å². The quantitative estimate of drug-likeness (QED) is 0.212. The zero-order chi connectivity index (χ0) is 20.5. The van der Waals surface area contributed by atoms with Gasteiger partial charge in [0.05, 0.1) is 13.7 Å². The van der Waals surface area contributed by atoms with Crippen LogP contribution in [-0.2, 0) is 6.54 Å². The lowest BCUT2D eigenvalue weighted by Crippen LogP contribution is -2.39. The van der Waals surface area contributed by atoms with Crippen molar-refractivity contribution < 1.29 is 4.74 Å². The van der Waals surface area contributed by atoms with Crippen molar-refractivity contribution in [2.24, 2.45) is 10.9 Å². The van der Waals surface area contributed by atoms with Gasteiger partial charge in [0.1, 0.15) is 11.6 Å². The number of guanidine groups is 1. The molecule has 1 aliphatic heterocycles. The number of methoxy groups -OCH3 is 1. The fourth-order valence-corrected chi connectivity index (χ4v) is 3.43. The summed E-state index contributed by atoms with van der Waals surface area (Å²) in [5, 5.41) is 13.9. The van der Waals surface area contributed by atoms with Gasteiger partial charge in [-0.15, -0.1) is 24.0 Å². The number of rotatable bonds is 8. The third-order valence-electron chi connectivity index (χ3n) is 5.35. The van der Waals surface area contributed by atoms with Crippen molar-refractivity contribution >= 4 is 29.9 Å². The molecule has 8 nitrogen and oxygen atoms in total. The zero-order valence-corrected chi connectivity index (χ0v) is 20.5. The van der Waals surface area contributed by atoms with Crippen molar-refractivity contribution in [1.82, 2.24) is 30.7 Å². The maximum Gasteiger partial charge on any atom is 0.191 e. The SMILES string of the molecule is CN=C(NCCCN1CCC(C)CC1)NCc1nc(-c2ccc(OC)cc2)n[nH]1.I. The largest absolute Gasteiger partial charge is 0.497 e. The Kier molecular flexibility index (Phi) is 10.4. The first-order valence-electron chi connectivity index (χ1n) is 10.4. The van der Waals surface area contributed by atoms with Crippen LogP contribution in [0, 0.1) is 5.92 Å². The number of nitrogens with zero attached hydrogens (tertiary/aromatic N) is 4. The van der Waals surface area contributed by atoms with Crippen LogP contribution in [-0.4, -0.2) is 66.4 Å². The third kappa shape index (κ3) is 7.42. The number of hydrogen-bond donors (Lipinski definition) is 3. The number of piperidine rings is 1. The summed E-state index contributed by atoms with van der Waals surface area (Å²) in [5.74, 6) is 3.91. The first-order chi connectivity index (χ1) is 14.2. The van der Waals surface area contributed by atoms with Gasteiger partial charge in [-0.25, -0.2) is 4.98 Å². The van der Waals surface area contributed by atoms with Gasteiger partial charge in [0, 0.05) is 19.2 Å². The Morgan fingerprint density at radius 1 is 1.23 bits per heavy atom. The molecular formula is C21H34IN7O. The van der Waals surface area contributed by atoms with Crippen LogP contribution in [0.4, 0.5) is 0 Å². The molecule has 1 aliphatic rings. The first-order valence-corrected chi connectivity index (χ1v) is 10.4. The number of halogens is 1. The second-order valence-electron chi connectivity index (χ2n) is 7.56. The first kappa shape index (κ1) is 24.4. The number of hydrogen-bond acceptors (Lipinski definition) is 5. The van der Waals surface area contributed by atoms with Gasteiger partial charge in [0.25, 0.3) is 0 Å². The normalized spacial score (nSPS) is 15.5. The van der Waals surface area contributed by atoms with Gasteiger partial charge >= 0.3 is 0 Å². The molecular weight excluding hydrogens is 493 g/mol. The highest BCUT2D eigenvalue weighted by molar-refractivity contribution is 14.0. The lowest BCUT2D eigenvalue weighted by atomic mass is 9.99. The highest BCUT2D eigenvalue weighted by Crippen LogP contribution is 2.19. The zero-order valence-electron chi connectivity index (χ0n) is 18.1. The van der Waals surface area contributed by atoms with E-state index in [1.165, 1.54) is 25.9 Å². The van der Waals surface area contributed by atoms with Crippen LogP contribution >= 0.6 is 24.0 Å². The Morgan fingerprint density at radius 2 is 1.97 bits per heavy atom. The minimum Gasteiger partial charge on any atom is -0.497 e. The molecule has 0 saturated carbocycles. The predicted octanol–water partition coefficient (Wildman–Crippen LogP) is 2.89. The van der Waals surface area contributed by atoms with Crippen LogP contribution in [0.2, 0.25) is 0 Å². The van der Waals surface area contributed by atoms with E-state index in [0.717, 1.165) is 48.5 Å². The Bertz CT molecular complexity index is 770. The average Bonchev–Trinajstić information content (AvgIpc) is 3.23. The molecule has 0 bridgehead atoms. The summed E-state index contributed by atoms with van der Waals surface area (Å²) in [7, 11) is 3.44. The summed E-state index contributed by atoms with van der Waals surface area (Å²) in [5.41, 5.74) is 0.947. The van der Waals surface area contributed by atoms with Crippen molar-refractivity contribution in [2.45, 2.75) is 32.7 Å². The van der Waals surface area contributed by atoms with Crippen molar-refractivity contribution in [3.63, 3.8) is 0 Å². The average molecular weight is 527 g/mol. The van der Waals surface area contributed by atoms with E-state index < -0.39 is 0 Å². The van der Waals surface area contributed by atoms with E-state index in [0.29, 0.717) is 12.4 Å². The molecule has 0 spiro atoms. The number of aromatic nitrogens is 3. The van der Waals surface area contributed by atoms with E-state index >= 15 is 0 Å². The number of nitrogens with one attached hydrogen (secondary N) is 3. The second kappa shape index (κ2) is 12.7. The predicted molar refractivity (Wildman–Crippen MR) is 131 cm³/mol. The van der Waals surface area contributed by atoms with Gasteiger partial charge in [-0.1, -0.05) is 6.92 Å².